The second-order valence-electron chi connectivity index (χ2n) is 4.73. The number of halogens is 8. The molecule has 0 aliphatic rings. The maximum absolute atomic E-state index is 13.7. The summed E-state index contributed by atoms with van der Waals surface area (Å²) >= 11 is 0. The van der Waals surface area contributed by atoms with Crippen LogP contribution in [0.3, 0.4) is 0 Å². The Hall–Kier alpha value is -2.06. The van der Waals surface area contributed by atoms with Crippen LogP contribution in [0.4, 0.5) is 35.1 Å². The van der Waals surface area contributed by atoms with E-state index < -0.39 is 68.6 Å². The Bertz CT molecular complexity index is 691. The molecule has 2 aromatic carbocycles. The fourth-order valence-corrected chi connectivity index (χ4v) is 1.91. The van der Waals surface area contributed by atoms with Crippen molar-refractivity contribution in [1.82, 2.24) is 0 Å². The van der Waals surface area contributed by atoms with Gasteiger partial charge in [0.2, 0.25) is 7.28 Å². The van der Waals surface area contributed by atoms with E-state index >= 15 is 0 Å². The first kappa shape index (κ1) is 20.0. The van der Waals surface area contributed by atoms with Crippen LogP contribution in [-0.4, -0.2) is 7.28 Å². The minimum atomic E-state index is -1.94. The molecule has 0 aliphatic heterocycles. The van der Waals surface area contributed by atoms with Gasteiger partial charge < -0.3 is 0 Å². The van der Waals surface area contributed by atoms with E-state index in [9.17, 15) is 35.1 Å². The Labute approximate surface area is 133 Å². The highest BCUT2D eigenvalue weighted by Gasteiger charge is 2.29. The molecule has 0 bridgehead atoms. The molecule has 0 saturated heterocycles. The van der Waals surface area contributed by atoms with Crippen LogP contribution in [0.5, 0.6) is 0 Å². The fourth-order valence-electron chi connectivity index (χ4n) is 1.91. The fraction of sp³-hybridized carbons (Fsp3) is 0.200. The molecular formula is C15H10BF8. The highest BCUT2D eigenvalue weighted by atomic mass is 19.2. The Morgan fingerprint density at radius 2 is 0.667 bits per heavy atom. The van der Waals surface area contributed by atoms with Gasteiger partial charge in [-0.05, 0) is 24.8 Å². The lowest BCUT2D eigenvalue weighted by atomic mass is 9.62. The van der Waals surface area contributed by atoms with E-state index in [1.165, 1.54) is 0 Å². The summed E-state index contributed by atoms with van der Waals surface area (Å²) in [5.74, 6) is -14.9. The zero-order valence-electron chi connectivity index (χ0n) is 11.6. The number of hydrogen-bond acceptors (Lipinski definition) is 0. The number of benzene rings is 2. The van der Waals surface area contributed by atoms with Crippen molar-refractivity contribution in [2.45, 2.75) is 21.3 Å². The van der Waals surface area contributed by atoms with Gasteiger partial charge in [-0.25, -0.2) is 35.1 Å². The molecule has 0 saturated carbocycles. The third kappa shape index (κ3) is 2.87. The maximum atomic E-state index is 13.7. The molecule has 0 nitrogen and oxygen atoms in total. The summed E-state index contributed by atoms with van der Waals surface area (Å²) in [5, 5.41) is 0. The molecule has 2 rings (SSSR count). The van der Waals surface area contributed by atoms with Crippen molar-refractivity contribution in [3.8, 4) is 0 Å². The Kier molecular flexibility index (Phi) is 5.68. The minimum Gasteiger partial charge on any atom is -0.204 e. The van der Waals surface area contributed by atoms with Crippen LogP contribution in [-0.2, 0) is 0 Å². The van der Waals surface area contributed by atoms with E-state index in [1.807, 2.05) is 0 Å². The lowest BCUT2D eigenvalue weighted by molar-refractivity contribution is 0.451. The van der Waals surface area contributed by atoms with Gasteiger partial charge in [0.25, 0.3) is 0 Å². The third-order valence-electron chi connectivity index (χ3n) is 3.32. The van der Waals surface area contributed by atoms with Crippen molar-refractivity contribution in [2.24, 2.45) is 0 Å². The van der Waals surface area contributed by atoms with E-state index in [4.69, 9.17) is 0 Å². The summed E-state index contributed by atoms with van der Waals surface area (Å²) in [6, 6.07) is 0. The lowest BCUT2D eigenvalue weighted by Crippen LogP contribution is -2.39. The average Bonchev–Trinajstić information content (AvgIpc) is 2.54. The smallest absolute Gasteiger partial charge is 0.204 e. The summed E-state index contributed by atoms with van der Waals surface area (Å²) in [7, 11) is -0.0352. The number of rotatable bonds is 2. The second kappa shape index (κ2) is 6.82. The molecule has 129 valence electrons. The maximum Gasteiger partial charge on any atom is 0.207 e. The first-order valence-electron chi connectivity index (χ1n) is 6.09. The molecule has 0 fully saturated rings. The van der Waals surface area contributed by atoms with Gasteiger partial charge in [-0.2, -0.15) is 0 Å². The summed E-state index contributed by atoms with van der Waals surface area (Å²) in [6.45, 7) is 1.49. The van der Waals surface area contributed by atoms with Gasteiger partial charge in [-0.15, -0.1) is 0 Å². The SMILES string of the molecule is C.Cc1c(F)c(F)c([B]c2c(F)c(F)c(C)c(F)c2F)c(F)c1F. The Morgan fingerprint density at radius 1 is 0.458 bits per heavy atom. The van der Waals surface area contributed by atoms with Crippen LogP contribution in [0.1, 0.15) is 18.6 Å². The predicted molar refractivity (Wildman–Crippen MR) is 73.8 cm³/mol. The topological polar surface area (TPSA) is 0 Å². The molecule has 0 amide bonds. The molecule has 0 N–H and O–H groups in total. The average molecular weight is 353 g/mol. The van der Waals surface area contributed by atoms with Crippen LogP contribution >= 0.6 is 0 Å². The van der Waals surface area contributed by atoms with E-state index in [0.717, 1.165) is 13.8 Å². The predicted octanol–water partition coefficient (Wildman–Crippen LogP) is 3.71. The van der Waals surface area contributed by atoms with Gasteiger partial charge in [0.15, 0.2) is 46.5 Å². The molecule has 1 radical (unpaired) electrons. The van der Waals surface area contributed by atoms with E-state index in [0.29, 0.717) is 0 Å². The molecule has 0 spiro atoms. The van der Waals surface area contributed by atoms with Crippen molar-refractivity contribution >= 4 is 18.2 Å². The highest BCUT2D eigenvalue weighted by molar-refractivity contribution is 6.67. The molecule has 9 heteroatoms. The van der Waals surface area contributed by atoms with Gasteiger partial charge in [0, 0.05) is 11.1 Å². The van der Waals surface area contributed by atoms with Gasteiger partial charge in [-0.1, -0.05) is 7.43 Å². The standard InChI is InChI=1S/C14H6BF8.CH4/c1-3-7(16)11(20)5(12(21)8(3)17)15-6-13(22)9(18)4(2)10(19)14(6)23;/h1-2H3;1H4. The van der Waals surface area contributed by atoms with Crippen molar-refractivity contribution in [3.63, 3.8) is 0 Å². The minimum absolute atomic E-state index is 0. The van der Waals surface area contributed by atoms with Crippen molar-refractivity contribution in [1.29, 1.82) is 0 Å². The quantitative estimate of drug-likeness (QED) is 0.439. The molecule has 2 aromatic rings. The molecule has 24 heavy (non-hydrogen) atoms. The monoisotopic (exact) mass is 353 g/mol. The third-order valence-corrected chi connectivity index (χ3v) is 3.32. The van der Waals surface area contributed by atoms with Gasteiger partial charge in [-0.3, -0.25) is 0 Å². The van der Waals surface area contributed by atoms with Crippen molar-refractivity contribution in [2.75, 3.05) is 0 Å². The summed E-state index contributed by atoms with van der Waals surface area (Å²) in [6.07, 6.45) is 0. The molecule has 0 atom stereocenters. The molecule has 0 unspecified atom stereocenters. The lowest BCUT2D eigenvalue weighted by Gasteiger charge is -2.12. The van der Waals surface area contributed by atoms with E-state index in [-0.39, 0.29) is 14.7 Å². The Morgan fingerprint density at radius 3 is 0.875 bits per heavy atom. The largest absolute Gasteiger partial charge is 0.207 e. The second-order valence-corrected chi connectivity index (χ2v) is 4.73. The van der Waals surface area contributed by atoms with Crippen LogP contribution in [0.2, 0.25) is 0 Å². The number of hydrogen-bond donors (Lipinski definition) is 0. The molecule has 0 heterocycles. The summed E-state index contributed by atoms with van der Waals surface area (Å²) in [5.41, 5.74) is -4.96. The van der Waals surface area contributed by atoms with Gasteiger partial charge >= 0.3 is 0 Å². The van der Waals surface area contributed by atoms with Crippen molar-refractivity contribution < 1.29 is 35.1 Å². The molecule has 0 aliphatic carbocycles. The van der Waals surface area contributed by atoms with Gasteiger partial charge in [0.1, 0.15) is 0 Å². The van der Waals surface area contributed by atoms with Crippen LogP contribution < -0.4 is 10.9 Å². The molecule has 0 aromatic heterocycles. The molecular weight excluding hydrogens is 343 g/mol. The first-order chi connectivity index (χ1) is 10.6. The highest BCUT2D eigenvalue weighted by Crippen LogP contribution is 2.19. The van der Waals surface area contributed by atoms with E-state index in [2.05, 4.69) is 0 Å². The summed E-state index contributed by atoms with van der Waals surface area (Å²) < 4.78 is 108. The zero-order valence-corrected chi connectivity index (χ0v) is 11.6. The normalized spacial score (nSPS) is 10.6. The van der Waals surface area contributed by atoms with Crippen LogP contribution in [0.15, 0.2) is 0 Å². The van der Waals surface area contributed by atoms with Crippen LogP contribution in [0, 0.1) is 60.4 Å². The Balaban J connectivity index is 0.00000288. The zero-order chi connectivity index (χ0) is 17.6. The van der Waals surface area contributed by atoms with Crippen molar-refractivity contribution in [3.05, 3.63) is 57.7 Å². The first-order valence-corrected chi connectivity index (χ1v) is 6.09. The van der Waals surface area contributed by atoms with Gasteiger partial charge in [0.05, 0.1) is 0 Å². The van der Waals surface area contributed by atoms with E-state index in [1.54, 1.807) is 0 Å². The van der Waals surface area contributed by atoms with Crippen LogP contribution in [0.25, 0.3) is 0 Å². The summed E-state index contributed by atoms with van der Waals surface area (Å²) in [4.78, 5) is 0.